The number of nitrogens with zero attached hydrogens (tertiary/aromatic N) is 1. The molecule has 1 aromatic carbocycles. The van der Waals surface area contributed by atoms with Gasteiger partial charge < -0.3 is 19.8 Å². The molecule has 1 rings (SSSR count). The number of esters is 1. The van der Waals surface area contributed by atoms with Gasteiger partial charge in [-0.2, -0.15) is 0 Å². The molecule has 0 atom stereocenters. The van der Waals surface area contributed by atoms with E-state index in [4.69, 9.17) is 14.7 Å². The highest BCUT2D eigenvalue weighted by molar-refractivity contribution is 6.00. The molecule has 2 N–H and O–H groups in total. The van der Waals surface area contributed by atoms with Crippen LogP contribution in [-0.2, 0) is 9.53 Å². The number of rotatable bonds is 5. The van der Waals surface area contributed by atoms with Crippen LogP contribution in [0.1, 0.15) is 19.4 Å². The van der Waals surface area contributed by atoms with Crippen molar-refractivity contribution >= 4 is 11.7 Å². The van der Waals surface area contributed by atoms with Crippen LogP contribution in [-0.4, -0.2) is 35.2 Å². The molecule has 0 fully saturated rings. The molecule has 0 saturated heterocycles. The van der Waals surface area contributed by atoms with E-state index in [1.165, 1.54) is 12.1 Å². The second kappa shape index (κ2) is 6.48. The van der Waals surface area contributed by atoms with E-state index in [1.807, 2.05) is 0 Å². The minimum atomic E-state index is -0.478. The van der Waals surface area contributed by atoms with E-state index in [1.54, 1.807) is 19.9 Å². The molecule has 0 amide bonds. The van der Waals surface area contributed by atoms with Gasteiger partial charge in [-0.3, -0.25) is 0 Å². The lowest BCUT2D eigenvalue weighted by Gasteiger charge is -2.08. The lowest BCUT2D eigenvalue weighted by molar-refractivity contribution is -0.145. The zero-order valence-corrected chi connectivity index (χ0v) is 10.2. The highest BCUT2D eigenvalue weighted by Crippen LogP contribution is 2.24. The molecular formula is C12H15NO5. The largest absolute Gasteiger partial charge is 0.507 e. The topological polar surface area (TPSA) is 88.4 Å². The maximum absolute atomic E-state index is 11.1. The van der Waals surface area contributed by atoms with Gasteiger partial charge >= 0.3 is 5.97 Å². The van der Waals surface area contributed by atoms with Crippen LogP contribution >= 0.6 is 0 Å². The van der Waals surface area contributed by atoms with Crippen molar-refractivity contribution in [3.8, 4) is 11.5 Å². The first-order valence-corrected chi connectivity index (χ1v) is 5.39. The van der Waals surface area contributed by atoms with Crippen molar-refractivity contribution in [3.63, 3.8) is 0 Å². The Hall–Kier alpha value is -2.24. The molecule has 1 aromatic rings. The van der Waals surface area contributed by atoms with Gasteiger partial charge in [0.1, 0.15) is 11.5 Å². The Kier molecular flexibility index (Phi) is 4.98. The number of oxime groups is 1. The van der Waals surface area contributed by atoms with Crippen LogP contribution < -0.4 is 4.74 Å². The average Bonchev–Trinajstić information content (AvgIpc) is 2.36. The average molecular weight is 253 g/mol. The summed E-state index contributed by atoms with van der Waals surface area (Å²) in [6.07, 6.45) is 0. The summed E-state index contributed by atoms with van der Waals surface area (Å²) >= 11 is 0. The van der Waals surface area contributed by atoms with Crippen LogP contribution in [0.4, 0.5) is 0 Å². The maximum Gasteiger partial charge on any atom is 0.344 e. The summed E-state index contributed by atoms with van der Waals surface area (Å²) in [5.41, 5.74) is 0.672. The highest BCUT2D eigenvalue weighted by Gasteiger charge is 2.08. The molecule has 0 aliphatic heterocycles. The standard InChI is InChI=1S/C12H15NO5/c1-3-17-12(15)7-18-9-4-5-10(8(2)13-16)11(14)6-9/h4-6,14,16H,3,7H2,1-2H3/b13-8+. The minimum absolute atomic E-state index is 0.0911. The molecule has 0 aliphatic carbocycles. The third-order valence-electron chi connectivity index (χ3n) is 2.17. The fourth-order valence-corrected chi connectivity index (χ4v) is 1.31. The van der Waals surface area contributed by atoms with Crippen molar-refractivity contribution in [1.82, 2.24) is 0 Å². The smallest absolute Gasteiger partial charge is 0.344 e. The van der Waals surface area contributed by atoms with Crippen molar-refractivity contribution in [2.45, 2.75) is 13.8 Å². The van der Waals surface area contributed by atoms with Gasteiger partial charge in [-0.05, 0) is 26.0 Å². The normalized spacial score (nSPS) is 11.1. The van der Waals surface area contributed by atoms with Crippen LogP contribution in [0, 0.1) is 0 Å². The molecule has 6 nitrogen and oxygen atoms in total. The summed E-state index contributed by atoms with van der Waals surface area (Å²) in [6.45, 7) is 3.32. The van der Waals surface area contributed by atoms with Crippen LogP contribution in [0.15, 0.2) is 23.4 Å². The first-order chi connectivity index (χ1) is 8.58. The Bertz CT molecular complexity index is 456. The van der Waals surface area contributed by atoms with Crippen molar-refractivity contribution < 1.29 is 24.6 Å². The molecule has 18 heavy (non-hydrogen) atoms. The Morgan fingerprint density at radius 2 is 2.17 bits per heavy atom. The van der Waals surface area contributed by atoms with Gasteiger partial charge in [-0.15, -0.1) is 0 Å². The summed E-state index contributed by atoms with van der Waals surface area (Å²) in [4.78, 5) is 11.1. The van der Waals surface area contributed by atoms with Crippen molar-refractivity contribution in [2.75, 3.05) is 13.2 Å². The Morgan fingerprint density at radius 1 is 1.44 bits per heavy atom. The molecular weight excluding hydrogens is 238 g/mol. The summed E-state index contributed by atoms with van der Waals surface area (Å²) in [5.74, 6) is -0.240. The zero-order valence-electron chi connectivity index (χ0n) is 10.2. The predicted octanol–water partition coefficient (Wildman–Crippen LogP) is 1.53. The van der Waals surface area contributed by atoms with E-state index in [-0.39, 0.29) is 18.1 Å². The third-order valence-corrected chi connectivity index (χ3v) is 2.17. The van der Waals surface area contributed by atoms with Crippen LogP contribution in [0.2, 0.25) is 0 Å². The van der Waals surface area contributed by atoms with E-state index >= 15 is 0 Å². The number of benzene rings is 1. The monoisotopic (exact) mass is 253 g/mol. The minimum Gasteiger partial charge on any atom is -0.507 e. The summed E-state index contributed by atoms with van der Waals surface area (Å²) in [7, 11) is 0. The van der Waals surface area contributed by atoms with E-state index in [9.17, 15) is 9.90 Å². The number of ether oxygens (including phenoxy) is 2. The van der Waals surface area contributed by atoms with Crippen LogP contribution in [0.25, 0.3) is 0 Å². The van der Waals surface area contributed by atoms with Gasteiger partial charge in [0, 0.05) is 11.6 Å². The summed E-state index contributed by atoms with van der Waals surface area (Å²) in [5, 5.41) is 21.3. The lowest BCUT2D eigenvalue weighted by Crippen LogP contribution is -2.14. The predicted molar refractivity (Wildman–Crippen MR) is 64.2 cm³/mol. The van der Waals surface area contributed by atoms with Gasteiger partial charge in [-0.25, -0.2) is 4.79 Å². The molecule has 98 valence electrons. The molecule has 0 heterocycles. The van der Waals surface area contributed by atoms with E-state index in [0.717, 1.165) is 0 Å². The van der Waals surface area contributed by atoms with Crippen LogP contribution in [0.3, 0.4) is 0 Å². The lowest BCUT2D eigenvalue weighted by atomic mass is 10.1. The fraction of sp³-hybridized carbons (Fsp3) is 0.333. The van der Waals surface area contributed by atoms with Gasteiger partial charge in [-0.1, -0.05) is 5.16 Å². The quantitative estimate of drug-likeness (QED) is 0.359. The van der Waals surface area contributed by atoms with Gasteiger partial charge in [0.25, 0.3) is 0 Å². The molecule has 0 aliphatic rings. The number of hydrogen-bond donors (Lipinski definition) is 2. The van der Waals surface area contributed by atoms with Crippen molar-refractivity contribution in [1.29, 1.82) is 0 Å². The van der Waals surface area contributed by atoms with Crippen molar-refractivity contribution in [2.24, 2.45) is 5.16 Å². The van der Waals surface area contributed by atoms with Crippen LogP contribution in [0.5, 0.6) is 11.5 Å². The molecule has 0 unspecified atom stereocenters. The number of aromatic hydroxyl groups is 1. The summed E-state index contributed by atoms with van der Waals surface area (Å²) in [6, 6.07) is 4.43. The SMILES string of the molecule is CCOC(=O)COc1ccc(/C(C)=N/O)c(O)c1. The molecule has 0 bridgehead atoms. The second-order valence-corrected chi connectivity index (χ2v) is 3.46. The summed E-state index contributed by atoms with van der Waals surface area (Å²) < 4.78 is 9.83. The van der Waals surface area contributed by atoms with Gasteiger partial charge in [0.15, 0.2) is 6.61 Å². The number of hydrogen-bond acceptors (Lipinski definition) is 6. The fourth-order valence-electron chi connectivity index (χ4n) is 1.31. The molecule has 0 spiro atoms. The number of carbonyl (C=O) groups excluding carboxylic acids is 1. The third kappa shape index (κ3) is 3.65. The first-order valence-electron chi connectivity index (χ1n) is 5.39. The van der Waals surface area contributed by atoms with E-state index in [0.29, 0.717) is 17.9 Å². The Morgan fingerprint density at radius 3 is 2.72 bits per heavy atom. The van der Waals surface area contributed by atoms with Gasteiger partial charge in [0.2, 0.25) is 0 Å². The second-order valence-electron chi connectivity index (χ2n) is 3.46. The highest BCUT2D eigenvalue weighted by atomic mass is 16.6. The number of carbonyl (C=O) groups is 1. The Labute approximate surface area is 104 Å². The Balaban J connectivity index is 2.70. The maximum atomic E-state index is 11.1. The number of phenols is 1. The molecule has 0 aromatic heterocycles. The van der Waals surface area contributed by atoms with Gasteiger partial charge in [0.05, 0.1) is 12.3 Å². The molecule has 6 heteroatoms. The van der Waals surface area contributed by atoms with E-state index < -0.39 is 5.97 Å². The first kappa shape index (κ1) is 13.8. The van der Waals surface area contributed by atoms with E-state index in [2.05, 4.69) is 5.16 Å². The molecule has 0 radical (unpaired) electrons. The number of phenolic OH excluding ortho intramolecular Hbond substituents is 1. The molecule has 0 saturated carbocycles. The zero-order chi connectivity index (χ0) is 13.5. The van der Waals surface area contributed by atoms with Crippen molar-refractivity contribution in [3.05, 3.63) is 23.8 Å².